The molecule has 5 heteroatoms. The van der Waals surface area contributed by atoms with Gasteiger partial charge in [0, 0.05) is 5.56 Å². The summed E-state index contributed by atoms with van der Waals surface area (Å²) in [4.78, 5) is 22.4. The number of hydrogen-bond acceptors (Lipinski definition) is 4. The van der Waals surface area contributed by atoms with E-state index in [0.717, 1.165) is 6.42 Å². The van der Waals surface area contributed by atoms with E-state index in [2.05, 4.69) is 0 Å². The van der Waals surface area contributed by atoms with Gasteiger partial charge in [-0.3, -0.25) is 0 Å². The van der Waals surface area contributed by atoms with Crippen molar-refractivity contribution in [2.45, 2.75) is 13.3 Å². The van der Waals surface area contributed by atoms with Crippen molar-refractivity contribution in [1.29, 1.82) is 0 Å². The molecule has 1 N–H and O–H groups in total. The minimum Gasteiger partial charge on any atom is -0.475 e. The number of carbonyl (C=O) groups is 2. The molecule has 0 radical (unpaired) electrons. The highest BCUT2D eigenvalue weighted by atomic mass is 16.5. The summed E-state index contributed by atoms with van der Waals surface area (Å²) in [5.41, 5.74) is 1.15. The highest BCUT2D eigenvalue weighted by Crippen LogP contribution is 2.22. The first-order valence-corrected chi connectivity index (χ1v) is 6.22. The number of esters is 1. The van der Waals surface area contributed by atoms with Crippen LogP contribution in [0.4, 0.5) is 0 Å². The van der Waals surface area contributed by atoms with E-state index in [1.165, 1.54) is 6.07 Å². The zero-order valence-corrected chi connectivity index (χ0v) is 11.0. The monoisotopic (exact) mass is 274 g/mol. The van der Waals surface area contributed by atoms with Gasteiger partial charge in [0.2, 0.25) is 5.76 Å². The number of furan rings is 1. The Labute approximate surface area is 115 Å². The molecule has 2 rings (SSSR count). The molecule has 0 amide bonds. The van der Waals surface area contributed by atoms with Crippen LogP contribution in [0.3, 0.4) is 0 Å². The third kappa shape index (κ3) is 3.06. The van der Waals surface area contributed by atoms with Crippen molar-refractivity contribution in [3.63, 3.8) is 0 Å². The van der Waals surface area contributed by atoms with Gasteiger partial charge >= 0.3 is 11.9 Å². The minimum atomic E-state index is -1.11. The molecule has 0 unspecified atom stereocenters. The second-order valence-electron chi connectivity index (χ2n) is 4.18. The molecule has 0 bridgehead atoms. The SMILES string of the molecule is CCCOC(=O)c1ccc(-c2ccc(C(=O)O)o2)cc1. The van der Waals surface area contributed by atoms with Crippen LogP contribution in [-0.4, -0.2) is 23.7 Å². The van der Waals surface area contributed by atoms with Crippen LogP contribution in [-0.2, 0) is 4.74 Å². The van der Waals surface area contributed by atoms with Crippen molar-refractivity contribution < 1.29 is 23.8 Å². The molecule has 20 heavy (non-hydrogen) atoms. The molecule has 0 fully saturated rings. The van der Waals surface area contributed by atoms with Crippen LogP contribution in [0.25, 0.3) is 11.3 Å². The fourth-order valence-corrected chi connectivity index (χ4v) is 1.66. The second kappa shape index (κ2) is 6.06. The molecule has 0 atom stereocenters. The predicted octanol–water partition coefficient (Wildman–Crippen LogP) is 3.21. The number of rotatable bonds is 5. The lowest BCUT2D eigenvalue weighted by Gasteiger charge is -2.03. The summed E-state index contributed by atoms with van der Waals surface area (Å²) < 4.78 is 10.2. The maximum Gasteiger partial charge on any atom is 0.371 e. The van der Waals surface area contributed by atoms with E-state index in [1.807, 2.05) is 6.92 Å². The Balaban J connectivity index is 2.14. The number of carboxylic acids is 1. The van der Waals surface area contributed by atoms with Crippen LogP contribution in [0.15, 0.2) is 40.8 Å². The van der Waals surface area contributed by atoms with Gasteiger partial charge in [-0.1, -0.05) is 19.1 Å². The van der Waals surface area contributed by atoms with E-state index < -0.39 is 5.97 Å². The first kappa shape index (κ1) is 13.9. The Hall–Kier alpha value is -2.56. The normalized spacial score (nSPS) is 10.2. The summed E-state index contributed by atoms with van der Waals surface area (Å²) in [6, 6.07) is 9.58. The van der Waals surface area contributed by atoms with Crippen molar-refractivity contribution >= 4 is 11.9 Å². The molecular weight excluding hydrogens is 260 g/mol. The van der Waals surface area contributed by atoms with Crippen LogP contribution in [0.2, 0.25) is 0 Å². The van der Waals surface area contributed by atoms with Gasteiger partial charge in [-0.15, -0.1) is 0 Å². The van der Waals surface area contributed by atoms with Crippen LogP contribution >= 0.6 is 0 Å². The largest absolute Gasteiger partial charge is 0.475 e. The first-order valence-electron chi connectivity index (χ1n) is 6.22. The van der Waals surface area contributed by atoms with Crippen LogP contribution in [0.5, 0.6) is 0 Å². The standard InChI is InChI=1S/C15H14O5/c1-2-9-19-15(18)11-5-3-10(4-6-11)12-7-8-13(20-12)14(16)17/h3-8H,2,9H2,1H3,(H,16,17). The Morgan fingerprint density at radius 1 is 1.15 bits per heavy atom. The Morgan fingerprint density at radius 2 is 1.85 bits per heavy atom. The zero-order valence-electron chi connectivity index (χ0n) is 11.0. The fraction of sp³-hybridized carbons (Fsp3) is 0.200. The van der Waals surface area contributed by atoms with E-state index in [-0.39, 0.29) is 11.7 Å². The Morgan fingerprint density at radius 3 is 2.40 bits per heavy atom. The van der Waals surface area contributed by atoms with Gasteiger partial charge in [0.05, 0.1) is 12.2 Å². The Kier molecular flexibility index (Phi) is 4.20. The van der Waals surface area contributed by atoms with Crippen LogP contribution < -0.4 is 0 Å². The van der Waals surface area contributed by atoms with Gasteiger partial charge in [-0.25, -0.2) is 9.59 Å². The van der Waals surface area contributed by atoms with E-state index in [9.17, 15) is 9.59 Å². The van der Waals surface area contributed by atoms with Crippen molar-refractivity contribution in [3.8, 4) is 11.3 Å². The molecule has 0 aliphatic rings. The fourth-order valence-electron chi connectivity index (χ4n) is 1.66. The van der Waals surface area contributed by atoms with Gasteiger partial charge in [0.15, 0.2) is 0 Å². The lowest BCUT2D eigenvalue weighted by molar-refractivity contribution is 0.0504. The number of aromatic carboxylic acids is 1. The quantitative estimate of drug-likeness (QED) is 0.847. The molecule has 1 aromatic carbocycles. The molecule has 0 aliphatic heterocycles. The third-order valence-electron chi connectivity index (χ3n) is 2.66. The topological polar surface area (TPSA) is 76.7 Å². The summed E-state index contributed by atoms with van der Waals surface area (Å²) in [6.45, 7) is 2.31. The van der Waals surface area contributed by atoms with Gasteiger partial charge in [-0.05, 0) is 30.7 Å². The summed E-state index contributed by atoms with van der Waals surface area (Å²) in [7, 11) is 0. The smallest absolute Gasteiger partial charge is 0.371 e. The molecule has 1 heterocycles. The third-order valence-corrected chi connectivity index (χ3v) is 2.66. The average molecular weight is 274 g/mol. The maximum absolute atomic E-state index is 11.6. The van der Waals surface area contributed by atoms with Gasteiger partial charge < -0.3 is 14.3 Å². The lowest BCUT2D eigenvalue weighted by atomic mass is 10.1. The number of carboxylic acid groups (broad SMARTS) is 1. The van der Waals surface area contributed by atoms with Crippen molar-refractivity contribution in [2.75, 3.05) is 6.61 Å². The summed E-state index contributed by atoms with van der Waals surface area (Å²) in [6.07, 6.45) is 0.772. The van der Waals surface area contributed by atoms with E-state index in [1.54, 1.807) is 30.3 Å². The van der Waals surface area contributed by atoms with Gasteiger partial charge in [-0.2, -0.15) is 0 Å². The molecular formula is C15H14O5. The lowest BCUT2D eigenvalue weighted by Crippen LogP contribution is -2.05. The first-order chi connectivity index (χ1) is 9.61. The van der Waals surface area contributed by atoms with Crippen molar-refractivity contribution in [1.82, 2.24) is 0 Å². The van der Waals surface area contributed by atoms with E-state index in [0.29, 0.717) is 23.5 Å². The molecule has 0 saturated carbocycles. The van der Waals surface area contributed by atoms with E-state index in [4.69, 9.17) is 14.3 Å². The highest BCUT2D eigenvalue weighted by molar-refractivity contribution is 5.90. The Bertz CT molecular complexity index is 609. The molecule has 2 aromatic rings. The molecule has 5 nitrogen and oxygen atoms in total. The van der Waals surface area contributed by atoms with Crippen LogP contribution in [0.1, 0.15) is 34.3 Å². The number of ether oxygens (including phenoxy) is 1. The minimum absolute atomic E-state index is 0.119. The van der Waals surface area contributed by atoms with Gasteiger partial charge in [0.1, 0.15) is 5.76 Å². The average Bonchev–Trinajstić information content (AvgIpc) is 2.95. The van der Waals surface area contributed by atoms with Crippen LogP contribution in [0, 0.1) is 0 Å². The summed E-state index contributed by atoms with van der Waals surface area (Å²) >= 11 is 0. The van der Waals surface area contributed by atoms with E-state index >= 15 is 0 Å². The highest BCUT2D eigenvalue weighted by Gasteiger charge is 2.11. The molecule has 0 spiro atoms. The number of benzene rings is 1. The summed E-state index contributed by atoms with van der Waals surface area (Å²) in [5, 5.41) is 8.79. The zero-order chi connectivity index (χ0) is 14.5. The summed E-state index contributed by atoms with van der Waals surface area (Å²) in [5.74, 6) is -1.16. The predicted molar refractivity (Wildman–Crippen MR) is 71.7 cm³/mol. The number of carbonyl (C=O) groups excluding carboxylic acids is 1. The van der Waals surface area contributed by atoms with Gasteiger partial charge in [0.25, 0.3) is 0 Å². The molecule has 104 valence electrons. The number of hydrogen-bond donors (Lipinski definition) is 1. The second-order valence-corrected chi connectivity index (χ2v) is 4.18. The maximum atomic E-state index is 11.6. The molecule has 0 saturated heterocycles. The molecule has 1 aromatic heterocycles. The van der Waals surface area contributed by atoms with Crippen molar-refractivity contribution in [2.24, 2.45) is 0 Å². The molecule has 0 aliphatic carbocycles. The van der Waals surface area contributed by atoms with Crippen molar-refractivity contribution in [3.05, 3.63) is 47.7 Å².